The minimum Gasteiger partial charge on any atom is -0.481 e. The number of pyridine rings is 1. The first-order valence-electron chi connectivity index (χ1n) is 11.1. The summed E-state index contributed by atoms with van der Waals surface area (Å²) in [6.07, 6.45) is 9.31. The zero-order valence-electron chi connectivity index (χ0n) is 20.6. The number of carboxylic acids is 1. The summed E-state index contributed by atoms with van der Waals surface area (Å²) in [6, 6.07) is 11.4. The van der Waals surface area contributed by atoms with Crippen LogP contribution in [-0.2, 0) is 4.79 Å². The van der Waals surface area contributed by atoms with Gasteiger partial charge in [-0.2, -0.15) is 0 Å². The Morgan fingerprint density at radius 1 is 1.17 bits per heavy atom. The summed E-state index contributed by atoms with van der Waals surface area (Å²) in [7, 11) is 1.57. The molecule has 2 aromatic carbocycles. The second kappa shape index (κ2) is 11.1. The highest BCUT2D eigenvalue weighted by atomic mass is 19.1. The predicted molar refractivity (Wildman–Crippen MR) is 135 cm³/mol. The Bertz CT molecular complexity index is 1240. The maximum atomic E-state index is 15.3. The number of rotatable bonds is 3. The van der Waals surface area contributed by atoms with Crippen LogP contribution in [0.4, 0.5) is 4.39 Å². The highest BCUT2D eigenvalue weighted by Gasteiger charge is 2.41. The fourth-order valence-corrected chi connectivity index (χ4v) is 4.21. The van der Waals surface area contributed by atoms with Crippen molar-refractivity contribution >= 4 is 22.8 Å². The molecule has 1 aliphatic heterocycles. The molecule has 0 aliphatic carbocycles. The smallest absolute Gasteiger partial charge is 0.305 e. The van der Waals surface area contributed by atoms with Crippen molar-refractivity contribution in [2.45, 2.75) is 51.7 Å². The number of carbonyl (C=O) groups excluding carboxylic acids is 1. The summed E-state index contributed by atoms with van der Waals surface area (Å²) < 4.78 is 15.3. The normalized spacial score (nSPS) is 16.9. The van der Waals surface area contributed by atoms with Crippen LogP contribution in [0.2, 0.25) is 0 Å². The van der Waals surface area contributed by atoms with E-state index in [1.807, 2.05) is 13.0 Å². The van der Waals surface area contributed by atoms with Gasteiger partial charge >= 0.3 is 5.97 Å². The van der Waals surface area contributed by atoms with Crippen LogP contribution in [0, 0.1) is 25.6 Å². The number of terminal acetylenes is 1. The van der Waals surface area contributed by atoms with E-state index in [4.69, 9.17) is 5.11 Å². The highest BCUT2D eigenvalue weighted by Crippen LogP contribution is 2.42. The molecule has 2 unspecified atom stereocenters. The van der Waals surface area contributed by atoms with E-state index >= 15 is 4.39 Å². The quantitative estimate of drug-likeness (QED) is 0.529. The lowest BCUT2D eigenvalue weighted by atomic mass is 9.76. The van der Waals surface area contributed by atoms with Crippen molar-refractivity contribution in [3.8, 4) is 12.8 Å². The van der Waals surface area contributed by atoms with E-state index in [2.05, 4.69) is 17.8 Å². The number of halogens is 1. The lowest BCUT2D eigenvalue weighted by Crippen LogP contribution is -2.47. The Morgan fingerprint density at radius 2 is 1.77 bits per heavy atom. The molecule has 2 N–H and O–H groups in total. The fraction of sp³-hybridized carbons (Fsp3) is 0.321. The zero-order valence-corrected chi connectivity index (χ0v) is 20.6. The van der Waals surface area contributed by atoms with E-state index in [0.29, 0.717) is 22.2 Å². The number of hydrogen-bond donors (Lipinski definition) is 2. The van der Waals surface area contributed by atoms with Crippen LogP contribution < -0.4 is 0 Å². The maximum absolute atomic E-state index is 15.3. The molecule has 6 nitrogen and oxygen atoms in total. The standard InChI is InChI=1S/C22H19FN2O3.C4H10O.C2H2/c1-12-10-16(23)20(21-13(12)8-5-9-24-21)19-14-6-3-4-7-15(14)22(28)25(2)17(19)11-18(26)27;1-4(2,3)5;1-2/h3-10,17,19H,11H2,1-2H3,(H,26,27);5H,1-3H3;1-2H. The molecule has 0 bridgehead atoms. The summed E-state index contributed by atoms with van der Waals surface area (Å²) in [5.74, 6) is -2.38. The van der Waals surface area contributed by atoms with Gasteiger partial charge in [-0.1, -0.05) is 24.3 Å². The number of likely N-dealkylation sites (N-methyl/N-ethyl adjacent to an activating group) is 1. The van der Waals surface area contributed by atoms with Crippen molar-refractivity contribution in [3.63, 3.8) is 0 Å². The van der Waals surface area contributed by atoms with Crippen molar-refractivity contribution in [3.05, 3.63) is 76.7 Å². The monoisotopic (exact) mass is 478 g/mol. The van der Waals surface area contributed by atoms with Crippen molar-refractivity contribution in [1.82, 2.24) is 9.88 Å². The molecule has 0 radical (unpaired) electrons. The summed E-state index contributed by atoms with van der Waals surface area (Å²) in [5.41, 5.74) is 2.18. The minimum atomic E-state index is -1.04. The van der Waals surface area contributed by atoms with Gasteiger partial charge in [-0.3, -0.25) is 14.6 Å². The number of benzene rings is 2. The van der Waals surface area contributed by atoms with E-state index in [9.17, 15) is 14.7 Å². The van der Waals surface area contributed by atoms with Crippen molar-refractivity contribution in [2.75, 3.05) is 7.05 Å². The van der Waals surface area contributed by atoms with Gasteiger partial charge in [-0.25, -0.2) is 4.39 Å². The molecule has 2 heterocycles. The second-order valence-electron chi connectivity index (χ2n) is 9.31. The molecule has 4 rings (SSSR count). The Labute approximate surface area is 205 Å². The summed E-state index contributed by atoms with van der Waals surface area (Å²) >= 11 is 0. The molecule has 0 saturated carbocycles. The van der Waals surface area contributed by atoms with E-state index in [1.54, 1.807) is 64.3 Å². The summed E-state index contributed by atoms with van der Waals surface area (Å²) in [5, 5.41) is 18.8. The Balaban J connectivity index is 0.000000551. The lowest BCUT2D eigenvalue weighted by Gasteiger charge is -2.40. The second-order valence-corrected chi connectivity index (χ2v) is 9.31. The first-order valence-corrected chi connectivity index (χ1v) is 11.1. The number of hydrogen-bond acceptors (Lipinski definition) is 4. The molecular weight excluding hydrogens is 447 g/mol. The van der Waals surface area contributed by atoms with Gasteiger partial charge in [-0.05, 0) is 57.0 Å². The predicted octanol–water partition coefficient (Wildman–Crippen LogP) is 4.77. The Morgan fingerprint density at radius 3 is 2.37 bits per heavy atom. The SMILES string of the molecule is C#C.CC(C)(C)O.Cc1cc(F)c(C2c3ccccc3C(=O)N(C)C2CC(=O)O)c2ncccc12. The Kier molecular flexibility index (Phi) is 8.72. The molecule has 1 aliphatic rings. The van der Waals surface area contributed by atoms with Gasteiger partial charge in [0.15, 0.2) is 0 Å². The third-order valence-electron chi connectivity index (χ3n) is 5.51. The number of aliphatic hydroxyl groups is 1. The average Bonchev–Trinajstić information content (AvgIpc) is 2.79. The largest absolute Gasteiger partial charge is 0.481 e. The zero-order chi connectivity index (χ0) is 26.5. The molecular formula is C28H31FN2O4. The van der Waals surface area contributed by atoms with E-state index in [0.717, 1.165) is 10.9 Å². The van der Waals surface area contributed by atoms with Gasteiger partial charge in [0.05, 0.1) is 23.6 Å². The molecule has 7 heteroatoms. The van der Waals surface area contributed by atoms with Crippen LogP contribution in [0.15, 0.2) is 48.7 Å². The van der Waals surface area contributed by atoms with E-state index in [1.165, 1.54) is 11.0 Å². The van der Waals surface area contributed by atoms with Crippen LogP contribution in [-0.4, -0.2) is 50.7 Å². The highest BCUT2D eigenvalue weighted by molar-refractivity contribution is 5.98. The molecule has 0 spiro atoms. The van der Waals surface area contributed by atoms with Gasteiger partial charge in [0.25, 0.3) is 5.91 Å². The number of aryl methyl sites for hydroxylation is 1. The van der Waals surface area contributed by atoms with E-state index in [-0.39, 0.29) is 12.3 Å². The minimum absolute atomic E-state index is 0.261. The van der Waals surface area contributed by atoms with Crippen molar-refractivity contribution < 1.29 is 24.2 Å². The third-order valence-corrected chi connectivity index (χ3v) is 5.51. The summed E-state index contributed by atoms with van der Waals surface area (Å²) in [6.45, 7) is 7.04. The van der Waals surface area contributed by atoms with Gasteiger partial charge in [0.1, 0.15) is 5.82 Å². The number of carboxylic acid groups (broad SMARTS) is 1. The number of fused-ring (bicyclic) bond motifs is 2. The molecule has 35 heavy (non-hydrogen) atoms. The van der Waals surface area contributed by atoms with Gasteiger partial charge in [0, 0.05) is 35.7 Å². The summed E-state index contributed by atoms with van der Waals surface area (Å²) in [4.78, 5) is 30.2. The van der Waals surface area contributed by atoms with Crippen LogP contribution in [0.1, 0.15) is 60.2 Å². The van der Waals surface area contributed by atoms with Crippen molar-refractivity contribution in [1.29, 1.82) is 0 Å². The van der Waals surface area contributed by atoms with E-state index < -0.39 is 29.3 Å². The number of aromatic nitrogens is 1. The van der Waals surface area contributed by atoms with Crippen LogP contribution in [0.5, 0.6) is 0 Å². The molecule has 2 atom stereocenters. The Hall–Kier alpha value is -3.76. The average molecular weight is 479 g/mol. The van der Waals surface area contributed by atoms with Crippen molar-refractivity contribution in [2.24, 2.45) is 0 Å². The maximum Gasteiger partial charge on any atom is 0.305 e. The number of nitrogens with zero attached hydrogens (tertiary/aromatic N) is 2. The van der Waals surface area contributed by atoms with Gasteiger partial charge < -0.3 is 15.1 Å². The van der Waals surface area contributed by atoms with Crippen LogP contribution in [0.3, 0.4) is 0 Å². The lowest BCUT2D eigenvalue weighted by molar-refractivity contribution is -0.138. The number of carbonyl (C=O) groups is 2. The molecule has 184 valence electrons. The molecule has 1 aromatic heterocycles. The van der Waals surface area contributed by atoms with Crippen LogP contribution in [0.25, 0.3) is 10.9 Å². The van der Waals surface area contributed by atoms with Gasteiger partial charge in [-0.15, -0.1) is 12.8 Å². The number of aliphatic carboxylic acids is 1. The third kappa shape index (κ3) is 6.23. The topological polar surface area (TPSA) is 90.7 Å². The molecule has 1 amide bonds. The first kappa shape index (κ1) is 27.5. The molecule has 3 aromatic rings. The van der Waals surface area contributed by atoms with Gasteiger partial charge in [0.2, 0.25) is 0 Å². The molecule has 0 saturated heterocycles. The first-order chi connectivity index (χ1) is 16.4. The molecule has 0 fully saturated rings. The fourth-order valence-electron chi connectivity index (χ4n) is 4.21. The van der Waals surface area contributed by atoms with Crippen LogP contribution >= 0.6 is 0 Å². The number of amides is 1.